The number of anilines is 1. The van der Waals surface area contributed by atoms with Gasteiger partial charge in [-0.25, -0.2) is 18.7 Å². The molecule has 3 heterocycles. The number of halogens is 2. The van der Waals surface area contributed by atoms with E-state index in [1.807, 2.05) is 0 Å². The van der Waals surface area contributed by atoms with Crippen LogP contribution >= 0.6 is 11.3 Å². The summed E-state index contributed by atoms with van der Waals surface area (Å²) >= 11 is 1.37. The van der Waals surface area contributed by atoms with E-state index in [0.29, 0.717) is 11.6 Å². The van der Waals surface area contributed by atoms with E-state index >= 15 is 0 Å². The van der Waals surface area contributed by atoms with Crippen LogP contribution in [-0.4, -0.2) is 72.2 Å². The second kappa shape index (κ2) is 14.6. The second-order valence-electron chi connectivity index (χ2n) is 8.62. The molecule has 1 saturated carbocycles. The molecule has 3 aromatic rings. The van der Waals surface area contributed by atoms with Gasteiger partial charge in [-0.1, -0.05) is 17.6 Å². The van der Waals surface area contributed by atoms with E-state index in [-0.39, 0.29) is 64.5 Å². The number of aromatic nitrogens is 3. The summed E-state index contributed by atoms with van der Waals surface area (Å²) in [6.45, 7) is 0.286. The zero-order valence-electron chi connectivity index (χ0n) is 21.8. The van der Waals surface area contributed by atoms with Crippen LogP contribution in [0.1, 0.15) is 35.5 Å². The molecule has 0 atom stereocenters. The molecule has 0 bridgehead atoms. The average Bonchev–Trinajstić information content (AvgIpc) is 3.67. The molecule has 0 unspecified atom stereocenters. The Hall–Kier alpha value is -3.95. The number of pyridine rings is 1. The molecule has 5 rings (SSSR count). The predicted molar refractivity (Wildman–Crippen MR) is 141 cm³/mol. The fourth-order valence-electron chi connectivity index (χ4n) is 3.79. The van der Waals surface area contributed by atoms with Crippen LogP contribution in [0.2, 0.25) is 0 Å². The molecule has 2 amide bonds. The average molecular weight is 626 g/mol. The number of rotatable bonds is 5. The summed E-state index contributed by atoms with van der Waals surface area (Å²) in [7, 11) is 2.59. The molecule has 2 aliphatic rings. The number of amides is 2. The molecule has 2 fully saturated rings. The number of benzene rings is 1. The van der Waals surface area contributed by atoms with E-state index < -0.39 is 18.2 Å². The van der Waals surface area contributed by atoms with Crippen LogP contribution in [0.5, 0.6) is 5.75 Å². The monoisotopic (exact) mass is 625 g/mol. The third-order valence-electron chi connectivity index (χ3n) is 5.99. The summed E-state index contributed by atoms with van der Waals surface area (Å²) in [5.41, 5.74) is 3.23. The van der Waals surface area contributed by atoms with Crippen molar-refractivity contribution in [2.75, 3.05) is 38.8 Å². The molecule has 0 radical (unpaired) electrons. The van der Waals surface area contributed by atoms with Crippen molar-refractivity contribution in [1.29, 1.82) is 0 Å². The van der Waals surface area contributed by atoms with Crippen molar-refractivity contribution in [3.05, 3.63) is 52.2 Å². The molecule has 1 saturated heterocycles. The maximum atomic E-state index is 13.2. The fourth-order valence-corrected chi connectivity index (χ4v) is 4.15. The Labute approximate surface area is 249 Å². The third kappa shape index (κ3) is 8.05. The molecular weight excluding hydrogens is 603 g/mol. The van der Waals surface area contributed by atoms with E-state index in [0.717, 1.165) is 17.3 Å². The van der Waals surface area contributed by atoms with Gasteiger partial charge in [0.2, 0.25) is 5.91 Å². The number of carbonyl (C=O) groups is 2. The van der Waals surface area contributed by atoms with E-state index in [4.69, 9.17) is 4.74 Å². The van der Waals surface area contributed by atoms with Gasteiger partial charge in [-0.15, -0.1) is 23.0 Å². The first kappa shape index (κ1) is 31.6. The van der Waals surface area contributed by atoms with Gasteiger partial charge in [0, 0.05) is 29.7 Å². The van der Waals surface area contributed by atoms with E-state index in [1.54, 1.807) is 12.4 Å². The van der Waals surface area contributed by atoms with Crippen molar-refractivity contribution in [3.8, 4) is 28.7 Å². The number of methoxy groups -OCH3 is 2. The van der Waals surface area contributed by atoms with Gasteiger partial charge in [0.25, 0.3) is 6.43 Å². The fraction of sp³-hybridized carbons (Fsp3) is 0.333. The molecule has 2 aromatic heterocycles. The molecule has 0 N–H and O–H groups in total. The van der Waals surface area contributed by atoms with E-state index in [1.165, 1.54) is 60.3 Å². The second-order valence-corrected chi connectivity index (χ2v) is 9.39. The molecule has 216 valence electrons. The van der Waals surface area contributed by atoms with Crippen LogP contribution in [0, 0.1) is 23.3 Å². The third-order valence-corrected chi connectivity index (χ3v) is 6.54. The van der Waals surface area contributed by atoms with Gasteiger partial charge in [0.05, 0.1) is 26.7 Å². The minimum atomic E-state index is -2.81. The van der Waals surface area contributed by atoms with Gasteiger partial charge in [0.15, 0.2) is 0 Å². The summed E-state index contributed by atoms with van der Waals surface area (Å²) in [6, 6.07) is 5.66. The van der Waals surface area contributed by atoms with Crippen LogP contribution in [0.15, 0.2) is 30.5 Å². The first-order chi connectivity index (χ1) is 19.3. The van der Waals surface area contributed by atoms with Gasteiger partial charge in [-0.05, 0) is 24.5 Å². The van der Waals surface area contributed by atoms with Gasteiger partial charge in [0.1, 0.15) is 18.0 Å². The first-order valence-corrected chi connectivity index (χ1v) is 12.8. The summed E-state index contributed by atoms with van der Waals surface area (Å²) in [6.07, 6.45) is 2.04. The molecule has 14 heteroatoms. The largest absolute Gasteiger partial charge is 2.00 e. The van der Waals surface area contributed by atoms with Gasteiger partial charge < -0.3 is 30.5 Å². The SMILES string of the molecule is C(#CC1CC1)c1nn[c-]s1.COC(=O)N1CCN(c2ccc([C-]=O)c(-c3cc(C(F)F)ncc3OC)c2)C(=O)C1.[Ni+2]. The van der Waals surface area contributed by atoms with Crippen molar-refractivity contribution in [3.63, 3.8) is 0 Å². The Balaban J connectivity index is 0.000000351. The molecule has 41 heavy (non-hydrogen) atoms. The van der Waals surface area contributed by atoms with Gasteiger partial charge >= 0.3 is 22.6 Å². The summed E-state index contributed by atoms with van der Waals surface area (Å²) in [4.78, 5) is 42.0. The summed E-state index contributed by atoms with van der Waals surface area (Å²) < 4.78 is 36.2. The molecule has 1 aliphatic heterocycles. The maximum Gasteiger partial charge on any atom is 2.00 e. The summed E-state index contributed by atoms with van der Waals surface area (Å²) in [5, 5.41) is 8.10. The molecule has 1 aliphatic carbocycles. The Kier molecular flexibility index (Phi) is 11.3. The standard InChI is InChI=1S/C20H18F2N3O5.C7H5N2S.Ni/c1-29-17-9-23-16(19(21)22)8-15(17)14-7-13(4-3-12(14)11-26)25-6-5-24(10-18(25)27)20(28)30-2;1-2-6(1)3-4-7-9-8-5-10-7;/h3-4,7-9,19H,5-6,10H2,1-2H3;6H,1-2H2;/q2*-1;+2. The molecule has 10 nitrogen and oxygen atoms in total. The van der Waals surface area contributed by atoms with Crippen LogP contribution in [0.25, 0.3) is 11.1 Å². The zero-order chi connectivity index (χ0) is 28.6. The van der Waals surface area contributed by atoms with Crippen molar-refractivity contribution < 1.29 is 49.1 Å². The van der Waals surface area contributed by atoms with Crippen molar-refractivity contribution in [1.82, 2.24) is 20.1 Å². The minimum Gasteiger partial charge on any atom is -0.496 e. The smallest absolute Gasteiger partial charge is 0.496 e. The Morgan fingerprint density at radius 2 is 2.00 bits per heavy atom. The normalized spacial score (nSPS) is 14.2. The Bertz CT molecular complexity index is 1440. The zero-order valence-corrected chi connectivity index (χ0v) is 23.6. The van der Waals surface area contributed by atoms with Crippen molar-refractivity contribution in [2.45, 2.75) is 19.3 Å². The van der Waals surface area contributed by atoms with Crippen LogP contribution in [0.4, 0.5) is 19.3 Å². The predicted octanol–water partition coefficient (Wildman–Crippen LogP) is 3.66. The number of hydrogen-bond acceptors (Lipinski definition) is 9. The topological polar surface area (TPSA) is 115 Å². The first-order valence-electron chi connectivity index (χ1n) is 12.0. The van der Waals surface area contributed by atoms with Crippen molar-refractivity contribution in [2.24, 2.45) is 5.92 Å². The number of piperazine rings is 1. The number of hydrogen-bond donors (Lipinski definition) is 0. The van der Waals surface area contributed by atoms with Crippen LogP contribution in [0.3, 0.4) is 0 Å². The van der Waals surface area contributed by atoms with Gasteiger partial charge in [-0.2, -0.15) is 6.07 Å². The molecule has 1 aromatic carbocycles. The number of ether oxygens (including phenoxy) is 2. The number of nitrogens with zero attached hydrogens (tertiary/aromatic N) is 5. The quantitative estimate of drug-likeness (QED) is 0.240. The van der Waals surface area contributed by atoms with E-state index in [9.17, 15) is 23.2 Å². The Morgan fingerprint density at radius 3 is 2.59 bits per heavy atom. The van der Waals surface area contributed by atoms with Crippen LogP contribution in [-0.2, 0) is 30.8 Å². The maximum absolute atomic E-state index is 13.2. The molecular formula is C27H23F2N5NiO5S. The van der Waals surface area contributed by atoms with Crippen molar-refractivity contribution >= 4 is 35.3 Å². The number of carbonyl (C=O) groups excluding carboxylic acids is 3. The Morgan fingerprint density at radius 1 is 1.22 bits per heavy atom. The van der Waals surface area contributed by atoms with E-state index in [2.05, 4.69) is 37.3 Å². The number of alkyl halides is 2. The summed E-state index contributed by atoms with van der Waals surface area (Å²) in [5.74, 6) is 6.53. The van der Waals surface area contributed by atoms with Gasteiger partial charge in [-0.3, -0.25) is 19.8 Å². The van der Waals surface area contributed by atoms with Crippen LogP contribution < -0.4 is 9.64 Å². The minimum absolute atomic E-state index is 0. The molecule has 0 spiro atoms.